The van der Waals surface area contributed by atoms with Crippen LogP contribution in [-0.4, -0.2) is 48.8 Å². The number of anilines is 1. The number of urea groups is 1. The third kappa shape index (κ3) is 5.56. The molecule has 0 bridgehead atoms. The highest BCUT2D eigenvalue weighted by atomic mass is 16.5. The number of amides is 2. The molecule has 29 heavy (non-hydrogen) atoms. The Morgan fingerprint density at radius 2 is 2.03 bits per heavy atom. The molecular weight excluding hydrogens is 366 g/mol. The SMILES string of the molecule is CCN(CCNC(=O)N(Cc1ccc(O)c(OC)c1)C1CC1)c1cccc(C)c1. The second-order valence-electron chi connectivity index (χ2n) is 7.52. The summed E-state index contributed by atoms with van der Waals surface area (Å²) in [6.45, 7) is 6.95. The van der Waals surface area contributed by atoms with E-state index in [0.717, 1.165) is 31.5 Å². The molecule has 6 heteroatoms. The van der Waals surface area contributed by atoms with Gasteiger partial charge in [-0.05, 0) is 62.1 Å². The quantitative estimate of drug-likeness (QED) is 0.673. The van der Waals surface area contributed by atoms with Crippen LogP contribution in [0.2, 0.25) is 0 Å². The lowest BCUT2D eigenvalue weighted by Crippen LogP contribution is -2.43. The van der Waals surface area contributed by atoms with Gasteiger partial charge in [0.05, 0.1) is 7.11 Å². The first-order chi connectivity index (χ1) is 14.0. The zero-order valence-electron chi connectivity index (χ0n) is 17.5. The molecule has 1 fully saturated rings. The van der Waals surface area contributed by atoms with Crippen LogP contribution in [0.5, 0.6) is 11.5 Å². The Morgan fingerprint density at radius 1 is 1.24 bits per heavy atom. The number of phenols is 1. The van der Waals surface area contributed by atoms with Gasteiger partial charge in [-0.2, -0.15) is 0 Å². The lowest BCUT2D eigenvalue weighted by molar-refractivity contribution is 0.192. The Morgan fingerprint density at radius 3 is 2.69 bits per heavy atom. The number of benzene rings is 2. The summed E-state index contributed by atoms with van der Waals surface area (Å²) in [4.78, 5) is 17.0. The number of methoxy groups -OCH3 is 1. The molecule has 2 amide bonds. The van der Waals surface area contributed by atoms with Crippen LogP contribution >= 0.6 is 0 Å². The van der Waals surface area contributed by atoms with Crippen LogP contribution < -0.4 is 15.0 Å². The number of likely N-dealkylation sites (N-methyl/N-ethyl adjacent to an activating group) is 1. The molecule has 2 N–H and O–H groups in total. The predicted molar refractivity (Wildman–Crippen MR) is 116 cm³/mol. The minimum atomic E-state index is -0.0418. The Hall–Kier alpha value is -2.89. The van der Waals surface area contributed by atoms with Gasteiger partial charge in [-0.25, -0.2) is 4.79 Å². The van der Waals surface area contributed by atoms with Crippen molar-refractivity contribution in [2.75, 3.05) is 31.6 Å². The summed E-state index contributed by atoms with van der Waals surface area (Å²) in [7, 11) is 1.53. The number of carbonyl (C=O) groups is 1. The fourth-order valence-electron chi connectivity index (χ4n) is 3.46. The summed E-state index contributed by atoms with van der Waals surface area (Å²) in [6, 6.07) is 13.9. The van der Waals surface area contributed by atoms with E-state index in [2.05, 4.69) is 48.3 Å². The highest BCUT2D eigenvalue weighted by Gasteiger charge is 2.32. The van der Waals surface area contributed by atoms with E-state index in [1.165, 1.54) is 18.4 Å². The minimum Gasteiger partial charge on any atom is -0.504 e. The van der Waals surface area contributed by atoms with Crippen molar-refractivity contribution in [1.29, 1.82) is 0 Å². The maximum Gasteiger partial charge on any atom is 0.318 e. The van der Waals surface area contributed by atoms with E-state index in [1.807, 2.05) is 11.0 Å². The van der Waals surface area contributed by atoms with Crippen LogP contribution in [0, 0.1) is 6.92 Å². The lowest BCUT2D eigenvalue weighted by atomic mass is 10.2. The summed E-state index contributed by atoms with van der Waals surface area (Å²) in [6.07, 6.45) is 2.07. The molecule has 0 aliphatic heterocycles. The number of hydrogen-bond acceptors (Lipinski definition) is 4. The van der Waals surface area contributed by atoms with E-state index in [1.54, 1.807) is 12.1 Å². The molecule has 2 aromatic carbocycles. The molecule has 3 rings (SSSR count). The lowest BCUT2D eigenvalue weighted by Gasteiger charge is -2.26. The normalized spacial score (nSPS) is 13.1. The summed E-state index contributed by atoms with van der Waals surface area (Å²) >= 11 is 0. The van der Waals surface area contributed by atoms with Crippen LogP contribution in [-0.2, 0) is 6.54 Å². The van der Waals surface area contributed by atoms with Gasteiger partial charge in [0, 0.05) is 37.9 Å². The van der Waals surface area contributed by atoms with E-state index in [4.69, 9.17) is 4.74 Å². The van der Waals surface area contributed by atoms with E-state index in [9.17, 15) is 9.90 Å². The fourth-order valence-corrected chi connectivity index (χ4v) is 3.46. The third-order valence-electron chi connectivity index (χ3n) is 5.25. The van der Waals surface area contributed by atoms with Crippen LogP contribution in [0.1, 0.15) is 30.9 Å². The van der Waals surface area contributed by atoms with Crippen molar-refractivity contribution in [2.24, 2.45) is 0 Å². The van der Waals surface area contributed by atoms with Crippen molar-refractivity contribution >= 4 is 11.7 Å². The maximum absolute atomic E-state index is 12.8. The van der Waals surface area contributed by atoms with Crippen LogP contribution in [0.4, 0.5) is 10.5 Å². The number of phenolic OH excluding ortho intramolecular Hbond substituents is 1. The smallest absolute Gasteiger partial charge is 0.318 e. The molecule has 0 spiro atoms. The standard InChI is InChI=1S/C23H31N3O3/c1-4-25(20-7-5-6-17(2)14-20)13-12-24-23(28)26(19-9-10-19)16-18-8-11-21(27)22(15-18)29-3/h5-8,11,14-15,19,27H,4,9-10,12-13,16H2,1-3H3,(H,24,28). The molecule has 6 nitrogen and oxygen atoms in total. The summed E-state index contributed by atoms with van der Waals surface area (Å²) in [5, 5.41) is 12.9. The number of carbonyl (C=O) groups excluding carboxylic acids is 1. The van der Waals surface area contributed by atoms with Crippen molar-refractivity contribution in [1.82, 2.24) is 10.2 Å². The zero-order valence-corrected chi connectivity index (χ0v) is 17.5. The summed E-state index contributed by atoms with van der Waals surface area (Å²) < 4.78 is 5.18. The first-order valence-electron chi connectivity index (χ1n) is 10.2. The molecule has 0 unspecified atom stereocenters. The molecule has 1 aliphatic carbocycles. The first-order valence-corrected chi connectivity index (χ1v) is 10.2. The highest BCUT2D eigenvalue weighted by Crippen LogP contribution is 2.31. The number of ether oxygens (including phenoxy) is 1. The van der Waals surface area contributed by atoms with Gasteiger partial charge in [0.15, 0.2) is 11.5 Å². The Kier molecular flexibility index (Phi) is 6.86. The first kappa shape index (κ1) is 20.8. The number of nitrogens with one attached hydrogen (secondary N) is 1. The van der Waals surface area contributed by atoms with Crippen molar-refractivity contribution in [3.8, 4) is 11.5 Å². The zero-order chi connectivity index (χ0) is 20.8. The number of nitrogens with zero attached hydrogens (tertiary/aromatic N) is 2. The molecule has 2 aromatic rings. The average molecular weight is 398 g/mol. The van der Waals surface area contributed by atoms with Crippen LogP contribution in [0.15, 0.2) is 42.5 Å². The van der Waals surface area contributed by atoms with Crippen LogP contribution in [0.3, 0.4) is 0 Å². The monoisotopic (exact) mass is 397 g/mol. The van der Waals surface area contributed by atoms with Gasteiger partial charge in [-0.3, -0.25) is 0 Å². The van der Waals surface area contributed by atoms with E-state index >= 15 is 0 Å². The fraction of sp³-hybridized carbons (Fsp3) is 0.435. The van der Waals surface area contributed by atoms with Crippen LogP contribution in [0.25, 0.3) is 0 Å². The highest BCUT2D eigenvalue weighted by molar-refractivity contribution is 5.75. The average Bonchev–Trinajstić information content (AvgIpc) is 3.55. The largest absolute Gasteiger partial charge is 0.504 e. The molecular formula is C23H31N3O3. The van der Waals surface area contributed by atoms with Crippen molar-refractivity contribution in [2.45, 2.75) is 39.3 Å². The molecule has 0 aromatic heterocycles. The van der Waals surface area contributed by atoms with E-state index < -0.39 is 0 Å². The number of aromatic hydroxyl groups is 1. The molecule has 0 radical (unpaired) electrons. The molecule has 156 valence electrons. The second kappa shape index (κ2) is 9.54. The van der Waals surface area contributed by atoms with Gasteiger partial charge in [-0.15, -0.1) is 0 Å². The van der Waals surface area contributed by atoms with Gasteiger partial charge in [0.25, 0.3) is 0 Å². The Bertz CT molecular complexity index is 836. The summed E-state index contributed by atoms with van der Waals surface area (Å²) in [5.41, 5.74) is 3.35. The van der Waals surface area contributed by atoms with E-state index in [-0.39, 0.29) is 17.8 Å². The molecule has 0 atom stereocenters. The Labute approximate surface area is 173 Å². The van der Waals surface area contributed by atoms with Gasteiger partial charge in [0.1, 0.15) is 0 Å². The number of aryl methyl sites for hydroxylation is 1. The molecule has 1 aliphatic rings. The van der Waals surface area contributed by atoms with Gasteiger partial charge in [0.2, 0.25) is 0 Å². The predicted octanol–water partition coefficient (Wildman–Crippen LogP) is 3.91. The third-order valence-corrected chi connectivity index (χ3v) is 5.25. The van der Waals surface area contributed by atoms with E-state index in [0.29, 0.717) is 18.8 Å². The van der Waals surface area contributed by atoms with Gasteiger partial charge in [-0.1, -0.05) is 18.2 Å². The minimum absolute atomic E-state index is 0.0418. The molecule has 0 heterocycles. The number of rotatable bonds is 9. The van der Waals surface area contributed by atoms with Crippen molar-refractivity contribution in [3.05, 3.63) is 53.6 Å². The van der Waals surface area contributed by atoms with Crippen molar-refractivity contribution < 1.29 is 14.6 Å². The van der Waals surface area contributed by atoms with Crippen molar-refractivity contribution in [3.63, 3.8) is 0 Å². The Balaban J connectivity index is 1.57. The van der Waals surface area contributed by atoms with Gasteiger partial charge >= 0.3 is 6.03 Å². The second-order valence-corrected chi connectivity index (χ2v) is 7.52. The van der Waals surface area contributed by atoms with Gasteiger partial charge < -0.3 is 25.0 Å². The topological polar surface area (TPSA) is 65.0 Å². The summed E-state index contributed by atoms with van der Waals surface area (Å²) in [5.74, 6) is 0.532. The number of hydrogen-bond donors (Lipinski definition) is 2. The molecule has 1 saturated carbocycles. The molecule has 0 saturated heterocycles. The maximum atomic E-state index is 12.8.